The Labute approximate surface area is 153 Å². The van der Waals surface area contributed by atoms with Crippen molar-refractivity contribution in [3.8, 4) is 0 Å². The van der Waals surface area contributed by atoms with E-state index >= 15 is 0 Å². The van der Waals surface area contributed by atoms with E-state index in [0.29, 0.717) is 31.6 Å². The minimum absolute atomic E-state index is 0.0912. The lowest BCUT2D eigenvalue weighted by molar-refractivity contribution is -0.122. The third kappa shape index (κ3) is 5.46. The fourth-order valence-corrected chi connectivity index (χ4v) is 4.18. The maximum absolute atomic E-state index is 13.8. The molecule has 146 valence electrons. The number of benzene rings is 1. The van der Waals surface area contributed by atoms with Gasteiger partial charge in [0.15, 0.2) is 0 Å². The second-order valence-corrected chi connectivity index (χ2v) is 8.69. The van der Waals surface area contributed by atoms with E-state index in [1.807, 2.05) is 4.90 Å². The van der Waals surface area contributed by atoms with Crippen molar-refractivity contribution in [3.05, 3.63) is 29.8 Å². The van der Waals surface area contributed by atoms with Gasteiger partial charge >= 0.3 is 0 Å². The summed E-state index contributed by atoms with van der Waals surface area (Å²) in [4.78, 5) is 13.2. The third-order valence-corrected chi connectivity index (χ3v) is 6.19. The number of hydrogen-bond acceptors (Lipinski definition) is 4. The van der Waals surface area contributed by atoms with Gasteiger partial charge in [0.2, 0.25) is 15.9 Å². The van der Waals surface area contributed by atoms with Crippen molar-refractivity contribution in [3.63, 3.8) is 0 Å². The Morgan fingerprint density at radius 1 is 1.19 bits per heavy atom. The topological polar surface area (TPSA) is 69.7 Å². The lowest BCUT2D eigenvalue weighted by atomic mass is 10.1. The number of carbonyl (C=O) groups excluding carboxylic acids is 1. The summed E-state index contributed by atoms with van der Waals surface area (Å²) < 4.78 is 53.0. The Kier molecular flexibility index (Phi) is 7.08. The molecule has 1 aromatic carbocycles. The summed E-state index contributed by atoms with van der Waals surface area (Å²) in [6.45, 7) is 6.03. The predicted molar refractivity (Wildman–Crippen MR) is 94.0 cm³/mol. The first-order valence-electron chi connectivity index (χ1n) is 8.64. The zero-order valence-corrected chi connectivity index (χ0v) is 15.9. The number of amides is 1. The maximum Gasteiger partial charge on any atom is 0.246 e. The van der Waals surface area contributed by atoms with Gasteiger partial charge in [0.25, 0.3) is 0 Å². The molecule has 1 N–H and O–H groups in total. The van der Waals surface area contributed by atoms with Gasteiger partial charge in [-0.1, -0.05) is 13.8 Å². The van der Waals surface area contributed by atoms with Gasteiger partial charge in [0.1, 0.15) is 16.5 Å². The highest BCUT2D eigenvalue weighted by atomic mass is 32.2. The highest BCUT2D eigenvalue weighted by Crippen LogP contribution is 2.21. The van der Waals surface area contributed by atoms with Gasteiger partial charge in [-0.3, -0.25) is 9.69 Å². The van der Waals surface area contributed by atoms with Crippen LogP contribution in [0, 0.1) is 17.6 Å². The molecule has 0 radical (unpaired) electrons. The van der Waals surface area contributed by atoms with E-state index in [0.717, 1.165) is 22.9 Å². The van der Waals surface area contributed by atoms with Crippen LogP contribution in [0.3, 0.4) is 0 Å². The average Bonchev–Trinajstić information content (AvgIpc) is 2.54. The molecule has 1 saturated heterocycles. The third-order valence-electron chi connectivity index (χ3n) is 4.25. The number of nitrogens with one attached hydrogen (secondary N) is 1. The highest BCUT2D eigenvalue weighted by molar-refractivity contribution is 7.89. The first kappa shape index (κ1) is 20.7. The van der Waals surface area contributed by atoms with Crippen molar-refractivity contribution >= 4 is 15.9 Å². The van der Waals surface area contributed by atoms with Gasteiger partial charge < -0.3 is 5.32 Å². The minimum Gasteiger partial charge on any atom is -0.355 e. The SMILES string of the molecule is CC(C)CCNC(=O)CN1CCN(S(=O)(=O)c2ccc(F)cc2F)CC1. The number of rotatable bonds is 7. The van der Waals surface area contributed by atoms with Crippen LogP contribution >= 0.6 is 0 Å². The van der Waals surface area contributed by atoms with Gasteiger partial charge in [-0.05, 0) is 24.5 Å². The van der Waals surface area contributed by atoms with Gasteiger partial charge in [-0.25, -0.2) is 17.2 Å². The molecule has 1 aliphatic rings. The van der Waals surface area contributed by atoms with Crippen LogP contribution in [0.4, 0.5) is 8.78 Å². The van der Waals surface area contributed by atoms with Crippen LogP contribution in [-0.4, -0.2) is 62.8 Å². The van der Waals surface area contributed by atoms with Crippen LogP contribution < -0.4 is 5.32 Å². The number of piperazine rings is 1. The van der Waals surface area contributed by atoms with Crippen molar-refractivity contribution in [1.29, 1.82) is 0 Å². The van der Waals surface area contributed by atoms with Gasteiger partial charge in [0.05, 0.1) is 6.54 Å². The van der Waals surface area contributed by atoms with Crippen LogP contribution in [0.25, 0.3) is 0 Å². The van der Waals surface area contributed by atoms with E-state index in [4.69, 9.17) is 0 Å². The molecule has 1 aliphatic heterocycles. The zero-order valence-electron chi connectivity index (χ0n) is 15.0. The van der Waals surface area contributed by atoms with Crippen molar-refractivity contribution in [2.45, 2.75) is 25.2 Å². The first-order chi connectivity index (χ1) is 12.2. The van der Waals surface area contributed by atoms with Crippen LogP contribution in [0.15, 0.2) is 23.1 Å². The number of halogens is 2. The van der Waals surface area contributed by atoms with Crippen molar-refractivity contribution in [2.75, 3.05) is 39.3 Å². The maximum atomic E-state index is 13.8. The summed E-state index contributed by atoms with van der Waals surface area (Å²) in [6, 6.07) is 2.42. The molecule has 0 aromatic heterocycles. The Morgan fingerprint density at radius 2 is 1.85 bits per heavy atom. The van der Waals surface area contributed by atoms with Crippen LogP contribution in [-0.2, 0) is 14.8 Å². The Bertz CT molecular complexity index is 733. The molecule has 6 nitrogen and oxygen atoms in total. The molecule has 0 aliphatic carbocycles. The fraction of sp³-hybridized carbons (Fsp3) is 0.588. The molecule has 0 atom stereocenters. The first-order valence-corrected chi connectivity index (χ1v) is 10.1. The van der Waals surface area contributed by atoms with Crippen LogP contribution in [0.1, 0.15) is 20.3 Å². The average molecular weight is 389 g/mol. The summed E-state index contributed by atoms with van der Waals surface area (Å²) in [6.07, 6.45) is 0.904. The molecule has 1 aromatic rings. The molecule has 0 bridgehead atoms. The van der Waals surface area contributed by atoms with Gasteiger partial charge in [-0.2, -0.15) is 4.31 Å². The molecule has 0 saturated carbocycles. The smallest absolute Gasteiger partial charge is 0.246 e. The van der Waals surface area contributed by atoms with E-state index < -0.39 is 26.6 Å². The van der Waals surface area contributed by atoms with Crippen LogP contribution in [0.5, 0.6) is 0 Å². The second kappa shape index (κ2) is 8.88. The summed E-state index contributed by atoms with van der Waals surface area (Å²) in [5.74, 6) is -1.51. The number of hydrogen-bond donors (Lipinski definition) is 1. The van der Waals surface area contributed by atoms with E-state index in [-0.39, 0.29) is 25.5 Å². The second-order valence-electron chi connectivity index (χ2n) is 6.79. The number of carbonyl (C=O) groups is 1. The lowest BCUT2D eigenvalue weighted by Crippen LogP contribution is -2.51. The molecule has 1 fully saturated rings. The lowest BCUT2D eigenvalue weighted by Gasteiger charge is -2.33. The monoisotopic (exact) mass is 389 g/mol. The Morgan fingerprint density at radius 3 is 2.42 bits per heavy atom. The predicted octanol–water partition coefficient (Wildman–Crippen LogP) is 1.43. The fourth-order valence-electron chi connectivity index (χ4n) is 2.71. The normalized spacial score (nSPS) is 16.8. The summed E-state index contributed by atoms with van der Waals surface area (Å²) in [7, 11) is -4.02. The van der Waals surface area contributed by atoms with Crippen molar-refractivity contribution < 1.29 is 22.0 Å². The summed E-state index contributed by atoms with van der Waals surface area (Å²) >= 11 is 0. The minimum atomic E-state index is -4.02. The molecule has 0 spiro atoms. The molecule has 1 amide bonds. The van der Waals surface area contributed by atoms with E-state index in [1.165, 1.54) is 0 Å². The Hall–Kier alpha value is -1.58. The summed E-state index contributed by atoms with van der Waals surface area (Å²) in [5.41, 5.74) is 0. The highest BCUT2D eigenvalue weighted by Gasteiger charge is 2.31. The molecule has 26 heavy (non-hydrogen) atoms. The molecular weight excluding hydrogens is 364 g/mol. The van der Waals surface area contributed by atoms with E-state index in [9.17, 15) is 22.0 Å². The zero-order chi connectivity index (χ0) is 19.3. The largest absolute Gasteiger partial charge is 0.355 e. The number of sulfonamides is 1. The molecule has 2 rings (SSSR count). The standard InChI is InChI=1S/C17H25F2N3O3S/c1-13(2)5-6-20-17(23)12-21-7-9-22(10-8-21)26(24,25)16-4-3-14(18)11-15(16)19/h3-4,11,13H,5-10,12H2,1-2H3,(H,20,23). The number of nitrogens with zero attached hydrogens (tertiary/aromatic N) is 2. The molecule has 0 unspecified atom stereocenters. The van der Waals surface area contributed by atoms with E-state index in [1.54, 1.807) is 0 Å². The van der Waals surface area contributed by atoms with E-state index in [2.05, 4.69) is 19.2 Å². The summed E-state index contributed by atoms with van der Waals surface area (Å²) in [5, 5.41) is 2.84. The molecular formula is C17H25F2N3O3S. The molecule has 9 heteroatoms. The quantitative estimate of drug-likeness (QED) is 0.766. The van der Waals surface area contributed by atoms with Crippen LogP contribution in [0.2, 0.25) is 0 Å². The van der Waals surface area contributed by atoms with Gasteiger partial charge in [0, 0.05) is 38.8 Å². The Balaban J connectivity index is 1.88. The van der Waals surface area contributed by atoms with Crippen molar-refractivity contribution in [2.24, 2.45) is 5.92 Å². The molecule has 1 heterocycles. The van der Waals surface area contributed by atoms with Gasteiger partial charge in [-0.15, -0.1) is 0 Å². The van der Waals surface area contributed by atoms with Crippen molar-refractivity contribution in [1.82, 2.24) is 14.5 Å².